The summed E-state index contributed by atoms with van der Waals surface area (Å²) in [5.41, 5.74) is 1.70. The van der Waals surface area contributed by atoms with Gasteiger partial charge in [0.25, 0.3) is 5.91 Å². The Morgan fingerprint density at radius 3 is 2.76 bits per heavy atom. The molecule has 2 aliphatic heterocycles. The van der Waals surface area contributed by atoms with Crippen LogP contribution in [0.3, 0.4) is 0 Å². The third kappa shape index (κ3) is 4.29. The minimum atomic E-state index is -0.705. The highest BCUT2D eigenvalue weighted by Crippen LogP contribution is 2.33. The van der Waals surface area contributed by atoms with Crippen LogP contribution in [-0.2, 0) is 22.7 Å². The summed E-state index contributed by atoms with van der Waals surface area (Å²) in [6.07, 6.45) is 3.69. The average Bonchev–Trinajstić information content (AvgIpc) is 3.31. The zero-order chi connectivity index (χ0) is 20.2. The molecule has 4 amide bonds. The van der Waals surface area contributed by atoms with E-state index < -0.39 is 12.1 Å². The first-order chi connectivity index (χ1) is 14.1. The van der Waals surface area contributed by atoms with Crippen molar-refractivity contribution in [1.29, 1.82) is 0 Å². The second kappa shape index (κ2) is 8.17. The van der Waals surface area contributed by atoms with Gasteiger partial charge in [-0.2, -0.15) is 0 Å². The number of rotatable bonds is 7. The summed E-state index contributed by atoms with van der Waals surface area (Å²) in [5, 5.41) is 5.44. The Balaban J connectivity index is 1.28. The van der Waals surface area contributed by atoms with Crippen LogP contribution in [0.1, 0.15) is 24.0 Å². The van der Waals surface area contributed by atoms with Crippen LogP contribution in [0, 0.1) is 0 Å². The average molecular weight is 396 g/mol. The Bertz CT molecular complexity index is 934. The van der Waals surface area contributed by atoms with E-state index in [0.717, 1.165) is 16.0 Å². The quantitative estimate of drug-likeness (QED) is 0.684. The SMILES string of the molecule is O=C(CC[C@H]1NC(=O)N(Cc2ccc3c(c2)OCO3)C1=O)NCc1ccncc1. The van der Waals surface area contributed by atoms with Crippen LogP contribution in [0.4, 0.5) is 4.79 Å². The van der Waals surface area contributed by atoms with E-state index in [4.69, 9.17) is 9.47 Å². The van der Waals surface area contributed by atoms with Crippen LogP contribution < -0.4 is 20.1 Å². The summed E-state index contributed by atoms with van der Waals surface area (Å²) in [7, 11) is 0. The van der Waals surface area contributed by atoms with Crippen molar-refractivity contribution in [1.82, 2.24) is 20.5 Å². The molecule has 2 N–H and O–H groups in total. The van der Waals surface area contributed by atoms with Crippen molar-refractivity contribution >= 4 is 17.8 Å². The molecule has 150 valence electrons. The Hall–Kier alpha value is -3.62. The summed E-state index contributed by atoms with van der Waals surface area (Å²) < 4.78 is 10.6. The number of benzene rings is 1. The number of imide groups is 1. The molecule has 1 atom stereocenters. The largest absolute Gasteiger partial charge is 0.454 e. The Morgan fingerprint density at radius 2 is 1.93 bits per heavy atom. The second-order valence-electron chi connectivity index (χ2n) is 6.78. The van der Waals surface area contributed by atoms with E-state index >= 15 is 0 Å². The standard InChI is InChI=1S/C20H20N4O5/c25-18(22-10-13-5-7-21-8-6-13)4-2-15-19(26)24(20(27)23-15)11-14-1-3-16-17(9-14)29-12-28-16/h1,3,5-9,15H,2,4,10-12H2,(H,22,25)(H,23,27)/t15-/m1/s1. The van der Waals surface area contributed by atoms with Gasteiger partial charge in [-0.15, -0.1) is 0 Å². The van der Waals surface area contributed by atoms with Crippen molar-refractivity contribution < 1.29 is 23.9 Å². The van der Waals surface area contributed by atoms with Gasteiger partial charge in [-0.1, -0.05) is 6.07 Å². The number of aromatic nitrogens is 1. The van der Waals surface area contributed by atoms with E-state index in [9.17, 15) is 14.4 Å². The maximum Gasteiger partial charge on any atom is 0.325 e. The first-order valence-corrected chi connectivity index (χ1v) is 9.26. The van der Waals surface area contributed by atoms with Gasteiger partial charge in [0.15, 0.2) is 11.5 Å². The number of amides is 4. The van der Waals surface area contributed by atoms with E-state index in [0.29, 0.717) is 18.0 Å². The number of carbonyl (C=O) groups excluding carboxylic acids is 3. The van der Waals surface area contributed by atoms with Crippen LogP contribution in [0.5, 0.6) is 11.5 Å². The lowest BCUT2D eigenvalue weighted by molar-refractivity contribution is -0.128. The van der Waals surface area contributed by atoms with Crippen LogP contribution in [0.25, 0.3) is 0 Å². The lowest BCUT2D eigenvalue weighted by Gasteiger charge is -2.13. The highest BCUT2D eigenvalue weighted by atomic mass is 16.7. The smallest absolute Gasteiger partial charge is 0.325 e. The normalized spacial score (nSPS) is 17.4. The fourth-order valence-corrected chi connectivity index (χ4v) is 3.21. The van der Waals surface area contributed by atoms with E-state index in [-0.39, 0.29) is 38.0 Å². The number of pyridine rings is 1. The van der Waals surface area contributed by atoms with Gasteiger partial charge >= 0.3 is 6.03 Å². The number of nitrogens with zero attached hydrogens (tertiary/aromatic N) is 2. The maximum atomic E-state index is 12.6. The molecule has 1 aromatic heterocycles. The molecule has 4 rings (SSSR count). The molecule has 9 heteroatoms. The predicted molar refractivity (Wildman–Crippen MR) is 101 cm³/mol. The van der Waals surface area contributed by atoms with Crippen molar-refractivity contribution in [3.8, 4) is 11.5 Å². The van der Waals surface area contributed by atoms with E-state index in [2.05, 4.69) is 15.6 Å². The molecule has 29 heavy (non-hydrogen) atoms. The molecule has 0 bridgehead atoms. The van der Waals surface area contributed by atoms with E-state index in [1.165, 1.54) is 0 Å². The van der Waals surface area contributed by atoms with Gasteiger partial charge < -0.3 is 20.1 Å². The third-order valence-electron chi connectivity index (χ3n) is 4.78. The van der Waals surface area contributed by atoms with Gasteiger partial charge in [-0.25, -0.2) is 4.79 Å². The van der Waals surface area contributed by atoms with Gasteiger partial charge in [-0.05, 0) is 41.8 Å². The highest BCUT2D eigenvalue weighted by molar-refractivity contribution is 6.04. The summed E-state index contributed by atoms with van der Waals surface area (Å²) in [6, 6.07) is 7.75. The number of nitrogens with one attached hydrogen (secondary N) is 2. The molecule has 1 saturated heterocycles. The minimum absolute atomic E-state index is 0.131. The molecule has 3 heterocycles. The summed E-state index contributed by atoms with van der Waals surface area (Å²) in [5.74, 6) is 0.714. The number of hydrogen-bond donors (Lipinski definition) is 2. The fraction of sp³-hybridized carbons (Fsp3) is 0.300. The Morgan fingerprint density at radius 1 is 1.14 bits per heavy atom. The number of urea groups is 1. The van der Waals surface area contributed by atoms with Gasteiger partial charge in [0, 0.05) is 25.4 Å². The zero-order valence-electron chi connectivity index (χ0n) is 15.6. The summed E-state index contributed by atoms with van der Waals surface area (Å²) in [4.78, 5) is 41.9. The number of hydrogen-bond acceptors (Lipinski definition) is 6. The molecule has 0 aliphatic carbocycles. The molecule has 1 aromatic carbocycles. The predicted octanol–water partition coefficient (Wildman–Crippen LogP) is 1.33. The summed E-state index contributed by atoms with van der Waals surface area (Å²) in [6.45, 7) is 0.682. The molecule has 1 fully saturated rings. The second-order valence-corrected chi connectivity index (χ2v) is 6.78. The van der Waals surface area contributed by atoms with Crippen LogP contribution in [0.15, 0.2) is 42.7 Å². The Labute approximate surface area is 167 Å². The van der Waals surface area contributed by atoms with Gasteiger partial charge in [0.05, 0.1) is 6.54 Å². The molecule has 0 unspecified atom stereocenters. The Kier molecular flexibility index (Phi) is 5.28. The lowest BCUT2D eigenvalue weighted by atomic mass is 10.1. The number of carbonyl (C=O) groups is 3. The monoisotopic (exact) mass is 396 g/mol. The van der Waals surface area contributed by atoms with Crippen LogP contribution >= 0.6 is 0 Å². The number of fused-ring (bicyclic) bond motifs is 1. The fourth-order valence-electron chi connectivity index (χ4n) is 3.21. The lowest BCUT2D eigenvalue weighted by Crippen LogP contribution is -2.32. The third-order valence-corrected chi connectivity index (χ3v) is 4.78. The van der Waals surface area contributed by atoms with Crippen LogP contribution in [0.2, 0.25) is 0 Å². The van der Waals surface area contributed by atoms with Crippen molar-refractivity contribution in [3.63, 3.8) is 0 Å². The molecular formula is C20H20N4O5. The molecule has 0 saturated carbocycles. The van der Waals surface area contributed by atoms with Gasteiger partial charge in [-0.3, -0.25) is 19.5 Å². The topological polar surface area (TPSA) is 110 Å². The van der Waals surface area contributed by atoms with Crippen LogP contribution in [-0.4, -0.2) is 40.6 Å². The molecule has 0 radical (unpaired) electrons. The zero-order valence-corrected chi connectivity index (χ0v) is 15.6. The van der Waals surface area contributed by atoms with Crippen molar-refractivity contribution in [2.24, 2.45) is 0 Å². The van der Waals surface area contributed by atoms with E-state index in [1.807, 2.05) is 12.1 Å². The first-order valence-electron chi connectivity index (χ1n) is 9.26. The summed E-state index contributed by atoms with van der Waals surface area (Å²) >= 11 is 0. The van der Waals surface area contributed by atoms with Crippen molar-refractivity contribution in [2.45, 2.75) is 32.0 Å². The number of ether oxygens (including phenoxy) is 2. The maximum absolute atomic E-state index is 12.6. The molecule has 2 aliphatic rings. The molecule has 0 spiro atoms. The molecule has 9 nitrogen and oxygen atoms in total. The molecular weight excluding hydrogens is 376 g/mol. The van der Waals surface area contributed by atoms with Gasteiger partial charge in [0.2, 0.25) is 12.7 Å². The first kappa shape index (κ1) is 18.7. The highest BCUT2D eigenvalue weighted by Gasteiger charge is 2.38. The van der Waals surface area contributed by atoms with Crippen molar-refractivity contribution in [2.75, 3.05) is 6.79 Å². The van der Waals surface area contributed by atoms with E-state index in [1.54, 1.807) is 30.6 Å². The minimum Gasteiger partial charge on any atom is -0.454 e. The van der Waals surface area contributed by atoms with Gasteiger partial charge in [0.1, 0.15) is 6.04 Å². The van der Waals surface area contributed by atoms with Crippen molar-refractivity contribution in [3.05, 3.63) is 53.9 Å². The molecule has 2 aromatic rings.